The van der Waals surface area contributed by atoms with E-state index in [0.717, 1.165) is 19.4 Å². The lowest BCUT2D eigenvalue weighted by atomic mass is 10.0. The van der Waals surface area contributed by atoms with E-state index in [1.54, 1.807) is 19.1 Å². The molecule has 1 nitrogen and oxygen atoms in total. The highest BCUT2D eigenvalue weighted by molar-refractivity contribution is 5.34. The van der Waals surface area contributed by atoms with Gasteiger partial charge in [0.15, 0.2) is 0 Å². The molecule has 1 saturated heterocycles. The van der Waals surface area contributed by atoms with Crippen molar-refractivity contribution in [1.82, 2.24) is 4.90 Å². The Labute approximate surface area is 138 Å². The Bertz CT molecular complexity index is 481. The van der Waals surface area contributed by atoms with Crippen LogP contribution in [0.3, 0.4) is 0 Å². The molecule has 0 saturated carbocycles. The second-order valence-corrected chi connectivity index (χ2v) is 5.92. The van der Waals surface area contributed by atoms with Gasteiger partial charge in [-0.25, -0.2) is 0 Å². The lowest BCUT2D eigenvalue weighted by molar-refractivity contribution is -0.0884. The van der Waals surface area contributed by atoms with Gasteiger partial charge in [0.1, 0.15) is 0 Å². The van der Waals surface area contributed by atoms with Gasteiger partial charge in [0, 0.05) is 19.3 Å². The molecule has 1 fully saturated rings. The summed E-state index contributed by atoms with van der Waals surface area (Å²) >= 11 is 0. The zero-order chi connectivity index (χ0) is 17.3. The van der Waals surface area contributed by atoms with Crippen molar-refractivity contribution in [2.24, 2.45) is 0 Å². The highest BCUT2D eigenvalue weighted by Crippen LogP contribution is 2.29. The molecule has 1 heterocycles. The van der Waals surface area contributed by atoms with Gasteiger partial charge in [-0.1, -0.05) is 37.6 Å². The first kappa shape index (κ1) is 19.6. The number of nitrogens with zero attached hydrogens (tertiary/aromatic N) is 1. The van der Waals surface area contributed by atoms with Gasteiger partial charge < -0.3 is 4.90 Å². The molecular formula is C19H28F3N. The maximum absolute atomic E-state index is 13.1. The van der Waals surface area contributed by atoms with Gasteiger partial charge in [0.05, 0.1) is 5.57 Å². The smallest absolute Gasteiger partial charge is 0.378 e. The Balaban J connectivity index is 2.97. The van der Waals surface area contributed by atoms with E-state index in [9.17, 15) is 13.2 Å². The van der Waals surface area contributed by atoms with Crippen LogP contribution in [-0.4, -0.2) is 24.7 Å². The van der Waals surface area contributed by atoms with Gasteiger partial charge >= 0.3 is 6.18 Å². The maximum atomic E-state index is 13.1. The van der Waals surface area contributed by atoms with Crippen LogP contribution in [-0.2, 0) is 0 Å². The minimum absolute atomic E-state index is 0.373. The Morgan fingerprint density at radius 1 is 1.22 bits per heavy atom. The first-order valence-electron chi connectivity index (χ1n) is 8.39. The van der Waals surface area contributed by atoms with Crippen molar-refractivity contribution < 1.29 is 13.2 Å². The molecular weight excluding hydrogens is 299 g/mol. The second kappa shape index (κ2) is 9.64. The van der Waals surface area contributed by atoms with Crippen LogP contribution in [0.15, 0.2) is 47.2 Å². The normalized spacial score (nSPS) is 20.4. The van der Waals surface area contributed by atoms with Gasteiger partial charge in [-0.2, -0.15) is 13.2 Å². The van der Waals surface area contributed by atoms with E-state index in [-0.39, 0.29) is 0 Å². The summed E-state index contributed by atoms with van der Waals surface area (Å²) in [5.74, 6) is 0. The highest BCUT2D eigenvalue weighted by atomic mass is 19.4. The molecule has 0 aromatic carbocycles. The van der Waals surface area contributed by atoms with Crippen molar-refractivity contribution in [2.45, 2.75) is 58.5 Å². The molecule has 1 aliphatic rings. The molecule has 0 aliphatic carbocycles. The quantitative estimate of drug-likeness (QED) is 0.546. The van der Waals surface area contributed by atoms with Crippen LogP contribution >= 0.6 is 0 Å². The number of halogens is 3. The van der Waals surface area contributed by atoms with E-state index in [4.69, 9.17) is 0 Å². The summed E-state index contributed by atoms with van der Waals surface area (Å²) in [6.07, 6.45) is 9.33. The van der Waals surface area contributed by atoms with Gasteiger partial charge in [0.25, 0.3) is 0 Å². The number of hydrogen-bond acceptors (Lipinski definition) is 1. The van der Waals surface area contributed by atoms with Crippen LogP contribution in [0, 0.1) is 0 Å². The number of hydrogen-bond donors (Lipinski definition) is 0. The van der Waals surface area contributed by atoms with Crippen molar-refractivity contribution >= 4 is 0 Å². The third kappa shape index (κ3) is 7.10. The molecule has 23 heavy (non-hydrogen) atoms. The molecule has 0 N–H and O–H groups in total. The summed E-state index contributed by atoms with van der Waals surface area (Å²) in [4.78, 5) is 2.23. The first-order chi connectivity index (χ1) is 10.9. The number of likely N-dealkylation sites (tertiary alicyclic amines) is 1. The fourth-order valence-corrected chi connectivity index (χ4v) is 2.73. The first-order valence-corrected chi connectivity index (χ1v) is 8.39. The third-order valence-corrected chi connectivity index (χ3v) is 3.96. The van der Waals surface area contributed by atoms with Crippen LogP contribution in [0.1, 0.15) is 52.4 Å². The predicted molar refractivity (Wildman–Crippen MR) is 91.1 cm³/mol. The second-order valence-electron chi connectivity index (χ2n) is 5.92. The summed E-state index contributed by atoms with van der Waals surface area (Å²) in [7, 11) is 2.06. The molecule has 130 valence electrons. The molecule has 0 amide bonds. The summed E-state index contributed by atoms with van der Waals surface area (Å²) in [6, 6.07) is 0. The van der Waals surface area contributed by atoms with E-state index in [2.05, 4.69) is 18.0 Å². The zero-order valence-electron chi connectivity index (χ0n) is 14.4. The fraction of sp³-hybridized carbons (Fsp3) is 0.579. The topological polar surface area (TPSA) is 3.24 Å². The molecule has 0 unspecified atom stereocenters. The van der Waals surface area contributed by atoms with Gasteiger partial charge in [-0.3, -0.25) is 0 Å². The highest BCUT2D eigenvalue weighted by Gasteiger charge is 2.31. The number of rotatable bonds is 5. The molecule has 4 heteroatoms. The van der Waals surface area contributed by atoms with Gasteiger partial charge in [-0.05, 0) is 50.7 Å². The Hall–Kier alpha value is -1.45. The molecule has 0 radical (unpaired) electrons. The molecule has 0 spiro atoms. The summed E-state index contributed by atoms with van der Waals surface area (Å²) in [5, 5.41) is 0. The van der Waals surface area contributed by atoms with Crippen molar-refractivity contribution in [3.63, 3.8) is 0 Å². The van der Waals surface area contributed by atoms with E-state index < -0.39 is 11.7 Å². The van der Waals surface area contributed by atoms with Gasteiger partial charge in [-0.15, -0.1) is 0 Å². The summed E-state index contributed by atoms with van der Waals surface area (Å²) in [5.41, 5.74) is 1.38. The summed E-state index contributed by atoms with van der Waals surface area (Å²) in [6.45, 7) is 4.57. The fourth-order valence-electron chi connectivity index (χ4n) is 2.73. The van der Waals surface area contributed by atoms with Crippen LogP contribution < -0.4 is 0 Å². The van der Waals surface area contributed by atoms with Crippen LogP contribution in [0.2, 0.25) is 0 Å². The van der Waals surface area contributed by atoms with Crippen LogP contribution in [0.25, 0.3) is 0 Å². The molecule has 1 aliphatic heterocycles. The molecule has 0 aromatic heterocycles. The monoisotopic (exact) mass is 327 g/mol. The van der Waals surface area contributed by atoms with Gasteiger partial charge in [0.2, 0.25) is 0 Å². The third-order valence-electron chi connectivity index (χ3n) is 3.96. The van der Waals surface area contributed by atoms with E-state index in [1.807, 2.05) is 6.92 Å². The molecule has 0 aromatic rings. The Morgan fingerprint density at radius 2 is 1.96 bits per heavy atom. The van der Waals surface area contributed by atoms with Crippen molar-refractivity contribution in [3.8, 4) is 0 Å². The van der Waals surface area contributed by atoms with E-state index in [0.29, 0.717) is 18.4 Å². The Kier molecular flexibility index (Phi) is 8.21. The van der Waals surface area contributed by atoms with E-state index >= 15 is 0 Å². The lowest BCUT2D eigenvalue weighted by Gasteiger charge is -2.20. The molecule has 0 atom stereocenters. The minimum atomic E-state index is -4.30. The maximum Gasteiger partial charge on any atom is 0.416 e. The van der Waals surface area contributed by atoms with Crippen molar-refractivity contribution in [1.29, 1.82) is 0 Å². The minimum Gasteiger partial charge on any atom is -0.378 e. The van der Waals surface area contributed by atoms with E-state index in [1.165, 1.54) is 30.7 Å². The Morgan fingerprint density at radius 3 is 2.57 bits per heavy atom. The summed E-state index contributed by atoms with van der Waals surface area (Å²) < 4.78 is 39.2. The standard InChI is InChI=1S/C19H28F3N/c1-4-9-16(15-17(10-5-2)19(20,21)22)12-13-18-11-7-6-8-14-23(18)3/h4,9-10,13,15H,5-8,11-12,14H2,1-3H3/b9-4-,16-15+,17-10-,18-13-. The van der Waals surface area contributed by atoms with Crippen LogP contribution in [0.4, 0.5) is 13.2 Å². The predicted octanol–water partition coefficient (Wildman–Crippen LogP) is 6.17. The van der Waals surface area contributed by atoms with Crippen molar-refractivity contribution in [2.75, 3.05) is 13.6 Å². The lowest BCUT2D eigenvalue weighted by Crippen LogP contribution is -2.16. The molecule has 1 rings (SSSR count). The number of alkyl halides is 3. The number of allylic oxidation sites excluding steroid dienone is 8. The van der Waals surface area contributed by atoms with Crippen LogP contribution in [0.5, 0.6) is 0 Å². The zero-order valence-corrected chi connectivity index (χ0v) is 14.4. The average Bonchev–Trinajstić information content (AvgIpc) is 2.68. The average molecular weight is 327 g/mol. The largest absolute Gasteiger partial charge is 0.416 e. The SMILES string of the molecule is C\C=C/C(=C\C(=C\CC)C(F)(F)F)C/C=C1/CCCCCN1C. The molecule has 0 bridgehead atoms. The van der Waals surface area contributed by atoms with Crippen molar-refractivity contribution in [3.05, 3.63) is 47.2 Å².